The Morgan fingerprint density at radius 2 is 2.07 bits per heavy atom. The van der Waals surface area contributed by atoms with Crippen molar-refractivity contribution in [2.24, 2.45) is 0 Å². The van der Waals surface area contributed by atoms with E-state index < -0.39 is 17.7 Å². The number of aromatic amines is 1. The molecule has 0 bridgehead atoms. The summed E-state index contributed by atoms with van der Waals surface area (Å²) in [7, 11) is 0. The Morgan fingerprint density at radius 1 is 1.28 bits per heavy atom. The van der Waals surface area contributed by atoms with Gasteiger partial charge in [-0.1, -0.05) is 0 Å². The maximum atomic E-state index is 13.3. The molecule has 6 nitrogen and oxygen atoms in total. The molecule has 1 aliphatic rings. The van der Waals surface area contributed by atoms with Crippen molar-refractivity contribution < 1.29 is 18.7 Å². The van der Waals surface area contributed by atoms with E-state index in [-0.39, 0.29) is 12.5 Å². The molecule has 150 valence electrons. The molecule has 0 radical (unpaired) electrons. The summed E-state index contributed by atoms with van der Waals surface area (Å²) in [5.41, 5.74) is 2.66. The molecule has 8 heteroatoms. The van der Waals surface area contributed by atoms with E-state index in [2.05, 4.69) is 15.5 Å². The van der Waals surface area contributed by atoms with Gasteiger partial charge in [-0.3, -0.25) is 9.89 Å². The van der Waals surface area contributed by atoms with Crippen molar-refractivity contribution in [1.82, 2.24) is 15.1 Å². The van der Waals surface area contributed by atoms with Gasteiger partial charge in [0.15, 0.2) is 0 Å². The van der Waals surface area contributed by atoms with Gasteiger partial charge in [-0.05, 0) is 48.4 Å². The largest absolute Gasteiger partial charge is 0.391 e. The SMILES string of the molecule is O=C(C=Cc1n[nH]c2ccc(NCc3cc(F)cc(F)c3)cc12)N1CCC(O)C1. The van der Waals surface area contributed by atoms with Crippen molar-refractivity contribution in [3.8, 4) is 0 Å². The molecule has 0 saturated carbocycles. The summed E-state index contributed by atoms with van der Waals surface area (Å²) in [6.07, 6.45) is 3.22. The zero-order valence-electron chi connectivity index (χ0n) is 15.5. The van der Waals surface area contributed by atoms with Crippen LogP contribution in [0, 0.1) is 11.6 Å². The summed E-state index contributed by atoms with van der Waals surface area (Å²) in [4.78, 5) is 13.8. The molecular formula is C21H20F2N4O2. The molecule has 3 N–H and O–H groups in total. The smallest absolute Gasteiger partial charge is 0.246 e. The molecule has 0 spiro atoms. The quantitative estimate of drug-likeness (QED) is 0.577. The van der Waals surface area contributed by atoms with Gasteiger partial charge in [-0.2, -0.15) is 5.10 Å². The second-order valence-electron chi connectivity index (χ2n) is 7.06. The molecule has 3 aromatic rings. The Morgan fingerprint density at radius 3 is 2.79 bits per heavy atom. The number of likely N-dealkylation sites (tertiary alicyclic amines) is 1. The minimum absolute atomic E-state index is 0.167. The standard InChI is InChI=1S/C21H20F2N4O2/c22-14-7-13(8-15(23)9-14)11-24-16-1-2-19-18(10-16)20(26-25-19)3-4-21(29)27-6-5-17(28)12-27/h1-4,7-10,17,24,28H,5-6,11-12H2,(H,25,26). The number of halogens is 2. The summed E-state index contributed by atoms with van der Waals surface area (Å²) in [6.45, 7) is 1.15. The van der Waals surface area contributed by atoms with Crippen molar-refractivity contribution in [3.63, 3.8) is 0 Å². The molecule has 2 aromatic carbocycles. The Kier molecular flexibility index (Phi) is 5.26. The number of anilines is 1. The topological polar surface area (TPSA) is 81.2 Å². The van der Waals surface area contributed by atoms with E-state index in [0.29, 0.717) is 30.8 Å². The van der Waals surface area contributed by atoms with Gasteiger partial charge < -0.3 is 15.3 Å². The Balaban J connectivity index is 1.48. The molecular weight excluding hydrogens is 378 g/mol. The number of rotatable bonds is 5. The number of aromatic nitrogens is 2. The number of carbonyl (C=O) groups is 1. The Bertz CT molecular complexity index is 1060. The number of amides is 1. The average molecular weight is 398 g/mol. The molecule has 1 unspecified atom stereocenters. The third-order valence-electron chi connectivity index (χ3n) is 4.87. The number of aliphatic hydroxyl groups excluding tert-OH is 1. The predicted molar refractivity (Wildman–Crippen MR) is 106 cm³/mol. The van der Waals surface area contributed by atoms with E-state index in [0.717, 1.165) is 22.7 Å². The van der Waals surface area contributed by atoms with Gasteiger partial charge in [-0.25, -0.2) is 8.78 Å². The third-order valence-corrected chi connectivity index (χ3v) is 4.87. The van der Waals surface area contributed by atoms with Crippen LogP contribution < -0.4 is 5.32 Å². The number of aliphatic hydroxyl groups is 1. The fraction of sp³-hybridized carbons (Fsp3) is 0.238. The van der Waals surface area contributed by atoms with Crippen LogP contribution in [0.4, 0.5) is 14.5 Å². The molecule has 1 amide bonds. The van der Waals surface area contributed by atoms with E-state index in [4.69, 9.17) is 0 Å². The average Bonchev–Trinajstić information content (AvgIpc) is 3.29. The minimum atomic E-state index is -0.616. The normalized spacial score (nSPS) is 16.8. The monoisotopic (exact) mass is 398 g/mol. The number of nitrogens with zero attached hydrogens (tertiary/aromatic N) is 2. The Labute approximate surface area is 165 Å². The molecule has 1 saturated heterocycles. The number of nitrogens with one attached hydrogen (secondary N) is 2. The summed E-state index contributed by atoms with van der Waals surface area (Å²) >= 11 is 0. The highest BCUT2D eigenvalue weighted by molar-refractivity contribution is 5.96. The summed E-state index contributed by atoms with van der Waals surface area (Å²) in [5.74, 6) is -1.40. The lowest BCUT2D eigenvalue weighted by atomic mass is 10.1. The number of H-pyrrole nitrogens is 1. The van der Waals surface area contributed by atoms with Gasteiger partial charge >= 0.3 is 0 Å². The minimum Gasteiger partial charge on any atom is -0.391 e. The van der Waals surface area contributed by atoms with Crippen LogP contribution in [0.5, 0.6) is 0 Å². The molecule has 29 heavy (non-hydrogen) atoms. The highest BCUT2D eigenvalue weighted by atomic mass is 19.1. The fourth-order valence-corrected chi connectivity index (χ4v) is 3.39. The second kappa shape index (κ2) is 8.00. The third kappa shape index (κ3) is 4.43. The number of β-amino-alcohol motifs (C(OH)–C–C–N with tert-alkyl or cyclic N) is 1. The molecule has 1 aromatic heterocycles. The van der Waals surface area contributed by atoms with Gasteiger partial charge in [-0.15, -0.1) is 0 Å². The first-order valence-electron chi connectivity index (χ1n) is 9.30. The van der Waals surface area contributed by atoms with Crippen molar-refractivity contribution in [1.29, 1.82) is 0 Å². The van der Waals surface area contributed by atoms with Crippen molar-refractivity contribution in [2.75, 3.05) is 18.4 Å². The molecule has 2 heterocycles. The van der Waals surface area contributed by atoms with Crippen LogP contribution in [0.3, 0.4) is 0 Å². The van der Waals surface area contributed by atoms with E-state index >= 15 is 0 Å². The van der Waals surface area contributed by atoms with Gasteiger partial charge in [0.1, 0.15) is 11.6 Å². The van der Waals surface area contributed by atoms with Crippen molar-refractivity contribution in [3.05, 3.63) is 65.4 Å². The molecule has 1 atom stereocenters. The maximum Gasteiger partial charge on any atom is 0.246 e. The number of fused-ring (bicyclic) bond motifs is 1. The van der Waals surface area contributed by atoms with Gasteiger partial charge in [0.2, 0.25) is 5.91 Å². The lowest BCUT2D eigenvalue weighted by Crippen LogP contribution is -2.27. The molecule has 4 rings (SSSR count). The highest BCUT2D eigenvalue weighted by Gasteiger charge is 2.22. The molecule has 0 aliphatic carbocycles. The van der Waals surface area contributed by atoms with E-state index in [9.17, 15) is 18.7 Å². The maximum absolute atomic E-state index is 13.3. The number of hydrogen-bond acceptors (Lipinski definition) is 4. The van der Waals surface area contributed by atoms with E-state index in [1.165, 1.54) is 18.2 Å². The van der Waals surface area contributed by atoms with Crippen molar-refractivity contribution in [2.45, 2.75) is 19.1 Å². The zero-order chi connectivity index (χ0) is 20.4. The lowest BCUT2D eigenvalue weighted by molar-refractivity contribution is -0.125. The first kappa shape index (κ1) is 19.1. The van der Waals surface area contributed by atoms with Crippen molar-refractivity contribution >= 4 is 28.6 Å². The van der Waals surface area contributed by atoms with Crippen LogP contribution in [0.15, 0.2) is 42.5 Å². The number of benzene rings is 2. The fourth-order valence-electron chi connectivity index (χ4n) is 3.39. The first-order valence-corrected chi connectivity index (χ1v) is 9.30. The Hall–Kier alpha value is -3.26. The summed E-state index contributed by atoms with van der Waals surface area (Å²) in [6, 6.07) is 8.93. The zero-order valence-corrected chi connectivity index (χ0v) is 15.5. The predicted octanol–water partition coefficient (Wildman–Crippen LogP) is 3.06. The van der Waals surface area contributed by atoms with Gasteiger partial charge in [0.05, 0.1) is 17.3 Å². The van der Waals surface area contributed by atoms with E-state index in [1.54, 1.807) is 11.0 Å². The first-order chi connectivity index (χ1) is 14.0. The van der Waals surface area contributed by atoms with Crippen LogP contribution in [0.1, 0.15) is 17.7 Å². The van der Waals surface area contributed by atoms with E-state index in [1.807, 2.05) is 18.2 Å². The number of carbonyl (C=O) groups excluding carboxylic acids is 1. The van der Waals surface area contributed by atoms with Crippen LogP contribution in [0.2, 0.25) is 0 Å². The summed E-state index contributed by atoms with van der Waals surface area (Å²) in [5, 5.41) is 20.6. The van der Waals surface area contributed by atoms with Crippen LogP contribution >= 0.6 is 0 Å². The van der Waals surface area contributed by atoms with Crippen LogP contribution in [-0.4, -0.2) is 45.3 Å². The van der Waals surface area contributed by atoms with Gasteiger partial charge in [0, 0.05) is 42.9 Å². The van der Waals surface area contributed by atoms with Gasteiger partial charge in [0.25, 0.3) is 0 Å². The lowest BCUT2D eigenvalue weighted by Gasteiger charge is -2.12. The summed E-state index contributed by atoms with van der Waals surface area (Å²) < 4.78 is 26.6. The second-order valence-corrected chi connectivity index (χ2v) is 7.06. The van der Waals surface area contributed by atoms with Crippen LogP contribution in [0.25, 0.3) is 17.0 Å². The molecule has 1 fully saturated rings. The number of hydrogen-bond donors (Lipinski definition) is 3. The highest BCUT2D eigenvalue weighted by Crippen LogP contribution is 2.22. The van der Waals surface area contributed by atoms with Crippen LogP contribution in [-0.2, 0) is 11.3 Å². The molecule has 1 aliphatic heterocycles.